The summed E-state index contributed by atoms with van der Waals surface area (Å²) >= 11 is 3.48. The number of carboxylic acids is 1. The molecule has 3 rings (SSSR count). The third-order valence-corrected chi connectivity index (χ3v) is 3.69. The number of hydrogen-bond acceptors (Lipinski definition) is 3. The fourth-order valence-electron chi connectivity index (χ4n) is 2.04. The predicted octanol–water partition coefficient (Wildman–Crippen LogP) is 3.39. The number of hydrogen-bond donors (Lipinski definition) is 2. The normalized spacial score (nSPS) is 10.9. The smallest absolute Gasteiger partial charge is 0.338 e. The number of aromatic carboxylic acids is 1. The lowest BCUT2D eigenvalue weighted by molar-refractivity contribution is 0.0699. The van der Waals surface area contributed by atoms with Crippen molar-refractivity contribution in [2.45, 2.75) is 6.92 Å². The first-order valence-electron chi connectivity index (χ1n) is 5.91. The summed E-state index contributed by atoms with van der Waals surface area (Å²) in [5.74, 6) is -0.410. The van der Waals surface area contributed by atoms with Crippen molar-refractivity contribution in [2.24, 2.45) is 0 Å². The number of pyridine rings is 1. The molecule has 0 bridgehead atoms. The van der Waals surface area contributed by atoms with Crippen molar-refractivity contribution in [1.82, 2.24) is 15.0 Å². The van der Waals surface area contributed by atoms with Gasteiger partial charge in [0.25, 0.3) is 0 Å². The molecule has 100 valence electrons. The maximum absolute atomic E-state index is 11.2. The molecule has 0 aliphatic heterocycles. The van der Waals surface area contributed by atoms with Crippen LogP contribution in [0.5, 0.6) is 0 Å². The largest absolute Gasteiger partial charge is 0.478 e. The first kappa shape index (κ1) is 12.8. The third kappa shape index (κ3) is 2.08. The molecule has 20 heavy (non-hydrogen) atoms. The number of carbonyl (C=O) groups is 1. The second-order valence-electron chi connectivity index (χ2n) is 4.43. The average molecular weight is 332 g/mol. The Morgan fingerprint density at radius 1 is 1.35 bits per heavy atom. The Morgan fingerprint density at radius 2 is 2.15 bits per heavy atom. The van der Waals surface area contributed by atoms with Gasteiger partial charge in [-0.05, 0) is 25.1 Å². The topological polar surface area (TPSA) is 78.9 Å². The van der Waals surface area contributed by atoms with Gasteiger partial charge in [0.15, 0.2) is 5.65 Å². The monoisotopic (exact) mass is 331 g/mol. The molecule has 1 aromatic carbocycles. The molecule has 0 saturated heterocycles. The van der Waals surface area contributed by atoms with Gasteiger partial charge in [-0.3, -0.25) is 0 Å². The second kappa shape index (κ2) is 4.72. The minimum atomic E-state index is -1.00. The van der Waals surface area contributed by atoms with Gasteiger partial charge in [-0.1, -0.05) is 27.6 Å². The molecule has 2 heterocycles. The number of H-pyrrole nitrogens is 1. The summed E-state index contributed by atoms with van der Waals surface area (Å²) in [5, 5.41) is 9.18. The standard InChI is InChI=1S/C14H10BrN3O2/c1-7-2-3-10(15)9(6-7)12-17-11-8(14(19)20)4-5-16-13(11)18-12/h2-6H,1H3,(H,19,20)(H,16,17,18). The lowest BCUT2D eigenvalue weighted by Crippen LogP contribution is -1.97. The number of rotatable bonds is 2. The maximum atomic E-state index is 11.2. The van der Waals surface area contributed by atoms with Gasteiger partial charge in [-0.25, -0.2) is 14.8 Å². The van der Waals surface area contributed by atoms with Crippen LogP contribution in [0.1, 0.15) is 15.9 Å². The van der Waals surface area contributed by atoms with Crippen LogP contribution in [0.4, 0.5) is 0 Å². The van der Waals surface area contributed by atoms with Crippen molar-refractivity contribution >= 4 is 33.1 Å². The van der Waals surface area contributed by atoms with E-state index in [0.717, 1.165) is 15.6 Å². The minimum Gasteiger partial charge on any atom is -0.478 e. The van der Waals surface area contributed by atoms with Crippen molar-refractivity contribution in [3.8, 4) is 11.4 Å². The number of aromatic nitrogens is 3. The first-order valence-corrected chi connectivity index (χ1v) is 6.70. The second-order valence-corrected chi connectivity index (χ2v) is 5.29. The number of aromatic amines is 1. The van der Waals surface area contributed by atoms with Gasteiger partial charge in [0, 0.05) is 16.2 Å². The predicted molar refractivity (Wildman–Crippen MR) is 78.7 cm³/mol. The number of fused-ring (bicyclic) bond motifs is 1. The summed E-state index contributed by atoms with van der Waals surface area (Å²) < 4.78 is 0.888. The van der Waals surface area contributed by atoms with Crippen LogP contribution >= 0.6 is 15.9 Å². The van der Waals surface area contributed by atoms with Crippen LogP contribution in [0.15, 0.2) is 34.9 Å². The van der Waals surface area contributed by atoms with Gasteiger partial charge < -0.3 is 10.1 Å². The zero-order chi connectivity index (χ0) is 14.3. The van der Waals surface area contributed by atoms with Crippen LogP contribution in [-0.4, -0.2) is 26.0 Å². The molecule has 0 amide bonds. The number of benzene rings is 1. The number of nitrogens with one attached hydrogen (secondary N) is 1. The van der Waals surface area contributed by atoms with E-state index in [4.69, 9.17) is 0 Å². The quantitative estimate of drug-likeness (QED) is 0.754. The summed E-state index contributed by atoms with van der Waals surface area (Å²) in [6.45, 7) is 1.99. The summed E-state index contributed by atoms with van der Waals surface area (Å²) in [6, 6.07) is 7.35. The zero-order valence-electron chi connectivity index (χ0n) is 10.5. The molecule has 5 nitrogen and oxygen atoms in total. The number of carboxylic acid groups (broad SMARTS) is 1. The molecule has 0 saturated carbocycles. The van der Waals surface area contributed by atoms with Gasteiger partial charge in [-0.15, -0.1) is 0 Å². The molecular weight excluding hydrogens is 322 g/mol. The van der Waals surface area contributed by atoms with Gasteiger partial charge >= 0.3 is 5.97 Å². The molecule has 2 aromatic heterocycles. The van der Waals surface area contributed by atoms with Crippen LogP contribution in [0.25, 0.3) is 22.6 Å². The summed E-state index contributed by atoms with van der Waals surface area (Å²) in [4.78, 5) is 22.7. The SMILES string of the molecule is Cc1ccc(Br)c(-c2nc3nccc(C(=O)O)c3[nH]2)c1. The maximum Gasteiger partial charge on any atom is 0.338 e. The molecule has 0 aliphatic carbocycles. The van der Waals surface area contributed by atoms with E-state index >= 15 is 0 Å². The average Bonchev–Trinajstić information content (AvgIpc) is 2.84. The van der Waals surface area contributed by atoms with Crippen LogP contribution in [0.3, 0.4) is 0 Å². The van der Waals surface area contributed by atoms with Crippen LogP contribution in [-0.2, 0) is 0 Å². The Kier molecular flexibility index (Phi) is 3.02. The summed E-state index contributed by atoms with van der Waals surface area (Å²) in [7, 11) is 0. The molecule has 0 spiro atoms. The van der Waals surface area contributed by atoms with Gasteiger partial charge in [-0.2, -0.15) is 0 Å². The fraction of sp³-hybridized carbons (Fsp3) is 0.0714. The van der Waals surface area contributed by atoms with Crippen LogP contribution in [0, 0.1) is 6.92 Å². The summed E-state index contributed by atoms with van der Waals surface area (Å²) in [5.41, 5.74) is 2.96. The number of imidazole rings is 1. The van der Waals surface area contributed by atoms with E-state index in [9.17, 15) is 9.90 Å². The zero-order valence-corrected chi connectivity index (χ0v) is 12.1. The molecule has 2 N–H and O–H groups in total. The van der Waals surface area contributed by atoms with E-state index in [1.165, 1.54) is 12.3 Å². The molecule has 0 fully saturated rings. The highest BCUT2D eigenvalue weighted by molar-refractivity contribution is 9.10. The van der Waals surface area contributed by atoms with Crippen molar-refractivity contribution < 1.29 is 9.90 Å². The lowest BCUT2D eigenvalue weighted by Gasteiger charge is -2.02. The highest BCUT2D eigenvalue weighted by Crippen LogP contribution is 2.29. The third-order valence-electron chi connectivity index (χ3n) is 3.00. The highest BCUT2D eigenvalue weighted by Gasteiger charge is 2.15. The molecular formula is C14H10BrN3O2. The Balaban J connectivity index is 2.26. The van der Waals surface area contributed by atoms with Crippen molar-refractivity contribution in [3.05, 3.63) is 46.1 Å². The molecule has 3 aromatic rings. The molecule has 0 atom stereocenters. The van der Waals surface area contributed by atoms with E-state index in [1.807, 2.05) is 25.1 Å². The fourth-order valence-corrected chi connectivity index (χ4v) is 2.47. The number of halogens is 1. The van der Waals surface area contributed by atoms with E-state index in [-0.39, 0.29) is 5.56 Å². The van der Waals surface area contributed by atoms with Gasteiger partial charge in [0.2, 0.25) is 0 Å². The van der Waals surface area contributed by atoms with E-state index < -0.39 is 5.97 Å². The molecule has 0 radical (unpaired) electrons. The molecule has 6 heteroatoms. The number of nitrogens with zero attached hydrogens (tertiary/aromatic N) is 2. The Bertz CT molecular complexity index is 826. The molecule has 0 unspecified atom stereocenters. The van der Waals surface area contributed by atoms with Gasteiger partial charge in [0.1, 0.15) is 5.82 Å². The van der Waals surface area contributed by atoms with Crippen molar-refractivity contribution in [2.75, 3.05) is 0 Å². The Hall–Kier alpha value is -2.21. The van der Waals surface area contributed by atoms with Crippen LogP contribution < -0.4 is 0 Å². The minimum absolute atomic E-state index is 0.164. The lowest BCUT2D eigenvalue weighted by atomic mass is 10.1. The molecule has 0 aliphatic rings. The van der Waals surface area contributed by atoms with E-state index in [2.05, 4.69) is 30.9 Å². The van der Waals surface area contributed by atoms with Crippen molar-refractivity contribution in [1.29, 1.82) is 0 Å². The van der Waals surface area contributed by atoms with E-state index in [0.29, 0.717) is 17.0 Å². The van der Waals surface area contributed by atoms with Gasteiger partial charge in [0.05, 0.1) is 11.1 Å². The van der Waals surface area contributed by atoms with E-state index in [1.54, 1.807) is 0 Å². The first-order chi connectivity index (χ1) is 9.56. The van der Waals surface area contributed by atoms with Crippen molar-refractivity contribution in [3.63, 3.8) is 0 Å². The number of aryl methyl sites for hydroxylation is 1. The summed E-state index contributed by atoms with van der Waals surface area (Å²) in [6.07, 6.45) is 1.45. The Labute approximate surface area is 122 Å². The highest BCUT2D eigenvalue weighted by atomic mass is 79.9. The van der Waals surface area contributed by atoms with Crippen LogP contribution in [0.2, 0.25) is 0 Å². The Morgan fingerprint density at radius 3 is 2.90 bits per heavy atom.